The second-order valence-corrected chi connectivity index (χ2v) is 4.84. The second kappa shape index (κ2) is 6.14. The van der Waals surface area contributed by atoms with E-state index in [0.29, 0.717) is 12.1 Å². The molecule has 1 radical (unpaired) electrons. The minimum absolute atomic E-state index is 0.295. The molecule has 1 heterocycles. The van der Waals surface area contributed by atoms with Crippen LogP contribution in [0.1, 0.15) is 26.5 Å². The normalized spacial score (nSPS) is 12.6. The molecule has 0 aromatic carbocycles. The van der Waals surface area contributed by atoms with E-state index in [9.17, 15) is 9.59 Å². The molecule has 1 atom stereocenters. The summed E-state index contributed by atoms with van der Waals surface area (Å²) in [4.78, 5) is 26.4. The topological polar surface area (TPSA) is 68.3 Å². The molecule has 5 heteroatoms. The van der Waals surface area contributed by atoms with Gasteiger partial charge in [-0.2, -0.15) is 0 Å². The summed E-state index contributed by atoms with van der Waals surface area (Å²) in [5.41, 5.74) is 0.115. The van der Waals surface area contributed by atoms with Gasteiger partial charge in [-0.1, -0.05) is 6.07 Å². The highest BCUT2D eigenvalue weighted by Crippen LogP contribution is 2.07. The minimum atomic E-state index is -0.755. The van der Waals surface area contributed by atoms with Crippen molar-refractivity contribution in [3.05, 3.63) is 30.1 Å². The Morgan fingerprint density at radius 2 is 2.22 bits per heavy atom. The number of ether oxygens (including phenoxy) is 1. The number of nitrogens with one attached hydrogen (secondary N) is 1. The van der Waals surface area contributed by atoms with Crippen molar-refractivity contribution in [1.29, 1.82) is 0 Å². The zero-order valence-corrected chi connectivity index (χ0v) is 10.8. The Balaban J connectivity index is 2.53. The molecular formula is C13H17N2O3. The Labute approximate surface area is 107 Å². The highest BCUT2D eigenvalue weighted by molar-refractivity contribution is 5.73. The van der Waals surface area contributed by atoms with Crippen LogP contribution < -0.4 is 5.32 Å². The van der Waals surface area contributed by atoms with Gasteiger partial charge < -0.3 is 10.1 Å². The third kappa shape index (κ3) is 5.43. The van der Waals surface area contributed by atoms with Gasteiger partial charge in [0.25, 0.3) is 0 Å². The number of rotatable bonds is 4. The molecule has 0 unspecified atom stereocenters. The average molecular weight is 249 g/mol. The fraction of sp³-hybridized carbons (Fsp3) is 0.462. The SMILES string of the molecule is CC(C)(C)OC(=O)N[C@H]([C]=O)Cc1ccccn1. The largest absolute Gasteiger partial charge is 0.444 e. The first-order chi connectivity index (χ1) is 8.40. The van der Waals surface area contributed by atoms with Crippen LogP contribution in [0.2, 0.25) is 0 Å². The molecule has 18 heavy (non-hydrogen) atoms. The minimum Gasteiger partial charge on any atom is -0.444 e. The summed E-state index contributed by atoms with van der Waals surface area (Å²) in [5.74, 6) is 0. The number of hydrogen-bond donors (Lipinski definition) is 1. The van der Waals surface area contributed by atoms with Crippen LogP contribution in [0.25, 0.3) is 0 Å². The van der Waals surface area contributed by atoms with Gasteiger partial charge in [-0.3, -0.25) is 9.78 Å². The van der Waals surface area contributed by atoms with E-state index in [1.54, 1.807) is 45.4 Å². The van der Waals surface area contributed by atoms with Crippen LogP contribution in [0.15, 0.2) is 24.4 Å². The summed E-state index contributed by atoms with van der Waals surface area (Å²) < 4.78 is 5.06. The van der Waals surface area contributed by atoms with E-state index in [4.69, 9.17) is 4.74 Å². The molecule has 0 bridgehead atoms. The summed E-state index contributed by atoms with van der Waals surface area (Å²) >= 11 is 0. The predicted octanol–water partition coefficient (Wildman–Crippen LogP) is 1.63. The lowest BCUT2D eigenvalue weighted by Crippen LogP contribution is -2.41. The predicted molar refractivity (Wildman–Crippen MR) is 66.8 cm³/mol. The van der Waals surface area contributed by atoms with E-state index in [1.807, 2.05) is 6.07 Å². The van der Waals surface area contributed by atoms with E-state index in [1.165, 1.54) is 0 Å². The first kappa shape index (κ1) is 14.2. The molecule has 0 aliphatic rings. The van der Waals surface area contributed by atoms with E-state index in [-0.39, 0.29) is 0 Å². The summed E-state index contributed by atoms with van der Waals surface area (Å²) in [6.45, 7) is 5.26. The Morgan fingerprint density at radius 3 is 2.72 bits per heavy atom. The van der Waals surface area contributed by atoms with Gasteiger partial charge in [0.15, 0.2) is 0 Å². The average Bonchev–Trinajstić information content (AvgIpc) is 2.27. The van der Waals surface area contributed by atoms with Gasteiger partial charge in [0.1, 0.15) is 11.6 Å². The number of alkyl carbamates (subject to hydrolysis) is 1. The van der Waals surface area contributed by atoms with Crippen molar-refractivity contribution in [2.24, 2.45) is 0 Å². The maximum atomic E-state index is 11.5. The number of carbonyl (C=O) groups excluding carboxylic acids is 2. The zero-order chi connectivity index (χ0) is 13.6. The van der Waals surface area contributed by atoms with E-state index in [0.717, 1.165) is 0 Å². The molecule has 0 saturated carbocycles. The summed E-state index contributed by atoms with van der Waals surface area (Å²) in [7, 11) is 0. The molecule has 97 valence electrons. The fourth-order valence-electron chi connectivity index (χ4n) is 1.30. The molecule has 0 aliphatic heterocycles. The van der Waals surface area contributed by atoms with Crippen LogP contribution in [0.5, 0.6) is 0 Å². The Kier molecular flexibility index (Phi) is 4.83. The van der Waals surface area contributed by atoms with E-state index >= 15 is 0 Å². The van der Waals surface area contributed by atoms with Crippen molar-refractivity contribution < 1.29 is 14.3 Å². The van der Waals surface area contributed by atoms with Crippen molar-refractivity contribution in [3.63, 3.8) is 0 Å². The Morgan fingerprint density at radius 1 is 1.50 bits per heavy atom. The Hall–Kier alpha value is -1.91. The molecule has 0 fully saturated rings. The molecule has 1 aromatic heterocycles. The third-order valence-electron chi connectivity index (χ3n) is 1.97. The maximum Gasteiger partial charge on any atom is 0.408 e. The van der Waals surface area contributed by atoms with Crippen molar-refractivity contribution in [3.8, 4) is 0 Å². The van der Waals surface area contributed by atoms with Crippen LogP contribution in [-0.2, 0) is 16.0 Å². The number of carbonyl (C=O) groups is 1. The van der Waals surface area contributed by atoms with Crippen LogP contribution in [0.4, 0.5) is 4.79 Å². The maximum absolute atomic E-state index is 11.5. The molecule has 1 N–H and O–H groups in total. The molecular weight excluding hydrogens is 232 g/mol. The molecule has 1 rings (SSSR count). The van der Waals surface area contributed by atoms with Crippen LogP contribution >= 0.6 is 0 Å². The number of nitrogens with zero attached hydrogens (tertiary/aromatic N) is 1. The van der Waals surface area contributed by atoms with Gasteiger partial charge in [-0.15, -0.1) is 0 Å². The van der Waals surface area contributed by atoms with Gasteiger partial charge in [0.05, 0.1) is 0 Å². The fourth-order valence-corrected chi connectivity index (χ4v) is 1.30. The van der Waals surface area contributed by atoms with E-state index in [2.05, 4.69) is 10.3 Å². The lowest BCUT2D eigenvalue weighted by Gasteiger charge is -2.21. The smallest absolute Gasteiger partial charge is 0.408 e. The van der Waals surface area contributed by atoms with Gasteiger partial charge in [-0.25, -0.2) is 4.79 Å². The van der Waals surface area contributed by atoms with Crippen LogP contribution in [0, 0.1) is 0 Å². The van der Waals surface area contributed by atoms with Crippen molar-refractivity contribution in [1.82, 2.24) is 10.3 Å². The van der Waals surface area contributed by atoms with Crippen LogP contribution in [0.3, 0.4) is 0 Å². The molecule has 0 spiro atoms. The quantitative estimate of drug-likeness (QED) is 0.880. The summed E-state index contributed by atoms with van der Waals surface area (Å²) in [6.07, 6.45) is 3.06. The summed E-state index contributed by atoms with van der Waals surface area (Å²) in [6, 6.07) is 4.62. The number of pyridine rings is 1. The van der Waals surface area contributed by atoms with Gasteiger partial charge >= 0.3 is 6.09 Å². The molecule has 1 amide bonds. The lowest BCUT2D eigenvalue weighted by atomic mass is 10.1. The van der Waals surface area contributed by atoms with Crippen LogP contribution in [-0.4, -0.2) is 29.0 Å². The zero-order valence-electron chi connectivity index (χ0n) is 10.8. The van der Waals surface area contributed by atoms with Crippen molar-refractivity contribution in [2.75, 3.05) is 0 Å². The molecule has 1 aromatic rings. The first-order valence-corrected chi connectivity index (χ1v) is 5.68. The highest BCUT2D eigenvalue weighted by Gasteiger charge is 2.20. The Bertz CT molecular complexity index is 398. The van der Waals surface area contributed by atoms with Gasteiger partial charge in [0.2, 0.25) is 6.29 Å². The van der Waals surface area contributed by atoms with Crippen molar-refractivity contribution >= 4 is 12.4 Å². The van der Waals surface area contributed by atoms with Gasteiger partial charge in [-0.05, 0) is 32.9 Å². The molecule has 5 nitrogen and oxygen atoms in total. The molecule has 0 aliphatic carbocycles. The van der Waals surface area contributed by atoms with Gasteiger partial charge in [0, 0.05) is 18.3 Å². The second-order valence-electron chi connectivity index (χ2n) is 4.84. The first-order valence-electron chi connectivity index (χ1n) is 5.68. The number of aromatic nitrogens is 1. The summed E-state index contributed by atoms with van der Waals surface area (Å²) in [5, 5.41) is 2.45. The monoisotopic (exact) mass is 249 g/mol. The number of amides is 1. The third-order valence-corrected chi connectivity index (χ3v) is 1.97. The standard InChI is InChI=1S/C13H17N2O3/c1-13(2,3)18-12(17)15-11(9-16)8-10-6-4-5-7-14-10/h4-7,11H,8H2,1-3H3,(H,15,17)/t11-/m0/s1. The number of hydrogen-bond acceptors (Lipinski definition) is 4. The van der Waals surface area contributed by atoms with E-state index < -0.39 is 17.7 Å². The van der Waals surface area contributed by atoms with Crippen molar-refractivity contribution in [2.45, 2.75) is 38.8 Å². The highest BCUT2D eigenvalue weighted by atomic mass is 16.6. The molecule has 0 saturated heterocycles. The lowest BCUT2D eigenvalue weighted by molar-refractivity contribution is 0.0517.